The first kappa shape index (κ1) is 9.27. The molecule has 0 saturated carbocycles. The summed E-state index contributed by atoms with van der Waals surface area (Å²) in [5, 5.41) is 0. The van der Waals surface area contributed by atoms with Gasteiger partial charge in [0.05, 0.1) is 0 Å². The molecule has 0 aromatic heterocycles. The van der Waals surface area contributed by atoms with Gasteiger partial charge in [-0.2, -0.15) is 0 Å². The molecule has 0 rings (SSSR count). The van der Waals surface area contributed by atoms with Gasteiger partial charge in [-0.25, -0.2) is 0 Å². The molecular weight excluding hydrogens is 132 g/mol. The molecule has 0 aliphatic rings. The number of rotatable bonds is 4. The van der Waals surface area contributed by atoms with E-state index in [4.69, 9.17) is 0 Å². The van der Waals surface area contributed by atoms with Crippen LogP contribution in [0.25, 0.3) is 0 Å². The van der Waals surface area contributed by atoms with Crippen LogP contribution in [-0.2, 0) is 0 Å². The van der Waals surface area contributed by atoms with Crippen molar-refractivity contribution in [1.82, 2.24) is 9.21 Å². The van der Waals surface area contributed by atoms with Gasteiger partial charge in [-0.3, -0.25) is 4.31 Å². The Hall–Kier alpha value is 0.270. The van der Waals surface area contributed by atoms with Gasteiger partial charge in [0.25, 0.3) is 0 Å². The van der Waals surface area contributed by atoms with Gasteiger partial charge >= 0.3 is 0 Å². The molecule has 9 heavy (non-hydrogen) atoms. The van der Waals surface area contributed by atoms with Crippen LogP contribution < -0.4 is 0 Å². The van der Waals surface area contributed by atoms with Crippen molar-refractivity contribution in [3.05, 3.63) is 0 Å². The lowest BCUT2D eigenvalue weighted by molar-refractivity contribution is 0.436. The van der Waals surface area contributed by atoms with E-state index in [2.05, 4.69) is 37.4 Å². The van der Waals surface area contributed by atoms with E-state index in [9.17, 15) is 0 Å². The van der Waals surface area contributed by atoms with E-state index in [1.165, 1.54) is 5.75 Å². The normalized spacial score (nSPS) is 11.3. The van der Waals surface area contributed by atoms with Gasteiger partial charge in [-0.15, -0.1) is 0 Å². The van der Waals surface area contributed by atoms with Gasteiger partial charge in [0.2, 0.25) is 0 Å². The maximum absolute atomic E-state index is 2.19. The highest BCUT2D eigenvalue weighted by Crippen LogP contribution is 2.01. The van der Waals surface area contributed by atoms with Crippen LogP contribution >= 0.6 is 11.9 Å². The largest absolute Gasteiger partial charge is 0.309 e. The van der Waals surface area contributed by atoms with Crippen LogP contribution in [0.5, 0.6) is 0 Å². The quantitative estimate of drug-likeness (QED) is 0.543. The van der Waals surface area contributed by atoms with E-state index in [0.29, 0.717) is 0 Å². The zero-order chi connectivity index (χ0) is 7.28. The minimum Gasteiger partial charge on any atom is -0.309 e. The highest BCUT2D eigenvalue weighted by atomic mass is 32.2. The fourth-order valence-electron chi connectivity index (χ4n) is 0.406. The van der Waals surface area contributed by atoms with Gasteiger partial charge in [-0.1, -0.05) is 11.9 Å². The van der Waals surface area contributed by atoms with Crippen molar-refractivity contribution in [2.45, 2.75) is 0 Å². The molecule has 0 aliphatic carbocycles. The Bertz CT molecular complexity index is 56.1. The average Bonchev–Trinajstić information content (AvgIpc) is 1.63. The van der Waals surface area contributed by atoms with Gasteiger partial charge < -0.3 is 4.90 Å². The predicted octanol–water partition coefficient (Wildman–Crippen LogP) is 0.758. The monoisotopic (exact) mass is 148 g/mol. The molecule has 0 bridgehead atoms. The molecular formula is C6H16N2S. The first-order valence-electron chi connectivity index (χ1n) is 3.08. The van der Waals surface area contributed by atoms with Crippen LogP contribution in [0.2, 0.25) is 0 Å². The van der Waals surface area contributed by atoms with E-state index in [0.717, 1.165) is 6.54 Å². The molecule has 0 fully saturated rings. The van der Waals surface area contributed by atoms with Crippen LogP contribution in [0.15, 0.2) is 0 Å². The van der Waals surface area contributed by atoms with Crippen molar-refractivity contribution in [2.24, 2.45) is 0 Å². The zero-order valence-electron chi connectivity index (χ0n) is 6.72. The van der Waals surface area contributed by atoms with Crippen molar-refractivity contribution in [3.63, 3.8) is 0 Å². The highest BCUT2D eigenvalue weighted by molar-refractivity contribution is 7.96. The summed E-state index contributed by atoms with van der Waals surface area (Å²) in [4.78, 5) is 2.19. The van der Waals surface area contributed by atoms with Crippen LogP contribution in [0.1, 0.15) is 0 Å². The number of hydrogen-bond acceptors (Lipinski definition) is 3. The Kier molecular flexibility index (Phi) is 5.24. The average molecular weight is 148 g/mol. The predicted molar refractivity (Wildman–Crippen MR) is 44.7 cm³/mol. The van der Waals surface area contributed by atoms with E-state index in [-0.39, 0.29) is 0 Å². The Balaban J connectivity index is 2.91. The molecule has 0 unspecified atom stereocenters. The molecule has 0 aliphatic heterocycles. The SMILES string of the molecule is CN(C)CCSN(C)C. The Labute approximate surface area is 62.3 Å². The molecule has 0 radical (unpaired) electrons. The molecule has 0 heterocycles. The lowest BCUT2D eigenvalue weighted by atomic mass is 10.7. The summed E-state index contributed by atoms with van der Waals surface area (Å²) in [6.45, 7) is 1.16. The van der Waals surface area contributed by atoms with Gasteiger partial charge in [0.15, 0.2) is 0 Å². The number of hydrogen-bond donors (Lipinski definition) is 0. The van der Waals surface area contributed by atoms with E-state index >= 15 is 0 Å². The minimum absolute atomic E-state index is 1.16. The van der Waals surface area contributed by atoms with Gasteiger partial charge in [0, 0.05) is 12.3 Å². The Morgan fingerprint density at radius 2 is 1.67 bits per heavy atom. The molecule has 0 atom stereocenters. The molecule has 0 saturated heterocycles. The summed E-state index contributed by atoms with van der Waals surface area (Å²) in [6.07, 6.45) is 0. The van der Waals surface area contributed by atoms with E-state index < -0.39 is 0 Å². The van der Waals surface area contributed by atoms with Crippen molar-refractivity contribution in [1.29, 1.82) is 0 Å². The molecule has 0 aromatic carbocycles. The fraction of sp³-hybridized carbons (Fsp3) is 1.00. The second kappa shape index (κ2) is 5.09. The van der Waals surface area contributed by atoms with E-state index in [1.54, 1.807) is 0 Å². The van der Waals surface area contributed by atoms with Gasteiger partial charge in [-0.05, 0) is 28.2 Å². The van der Waals surface area contributed by atoms with Crippen LogP contribution in [0, 0.1) is 0 Å². The molecule has 0 spiro atoms. The van der Waals surface area contributed by atoms with Crippen molar-refractivity contribution in [3.8, 4) is 0 Å². The van der Waals surface area contributed by atoms with Crippen LogP contribution in [-0.4, -0.2) is 49.7 Å². The second-order valence-corrected chi connectivity index (χ2v) is 3.85. The molecule has 56 valence electrons. The van der Waals surface area contributed by atoms with Crippen LogP contribution in [0.3, 0.4) is 0 Å². The zero-order valence-corrected chi connectivity index (χ0v) is 7.53. The summed E-state index contributed by atoms with van der Waals surface area (Å²) >= 11 is 1.85. The standard InChI is InChI=1S/C6H16N2S/c1-7(2)5-6-9-8(3)4/h5-6H2,1-4H3. The molecule has 3 heteroatoms. The third-order valence-corrected chi connectivity index (χ3v) is 1.77. The maximum Gasteiger partial charge on any atom is 0.0208 e. The first-order valence-corrected chi connectivity index (χ1v) is 4.02. The second-order valence-electron chi connectivity index (χ2n) is 2.45. The van der Waals surface area contributed by atoms with Crippen molar-refractivity contribution < 1.29 is 0 Å². The topological polar surface area (TPSA) is 6.48 Å². The summed E-state index contributed by atoms with van der Waals surface area (Å²) in [6, 6.07) is 0. The smallest absolute Gasteiger partial charge is 0.0208 e. The Morgan fingerprint density at radius 1 is 1.11 bits per heavy atom. The van der Waals surface area contributed by atoms with Gasteiger partial charge in [0.1, 0.15) is 0 Å². The third kappa shape index (κ3) is 8.27. The highest BCUT2D eigenvalue weighted by Gasteiger charge is 1.91. The lowest BCUT2D eigenvalue weighted by Gasteiger charge is -2.11. The lowest BCUT2D eigenvalue weighted by Crippen LogP contribution is -2.16. The van der Waals surface area contributed by atoms with Crippen LogP contribution in [0.4, 0.5) is 0 Å². The maximum atomic E-state index is 2.19. The third-order valence-electron chi connectivity index (χ3n) is 0.888. The van der Waals surface area contributed by atoms with Crippen molar-refractivity contribution in [2.75, 3.05) is 40.5 Å². The molecule has 0 N–H and O–H groups in total. The molecule has 2 nitrogen and oxygen atoms in total. The summed E-state index contributed by atoms with van der Waals surface area (Å²) < 4.78 is 2.13. The summed E-state index contributed by atoms with van der Waals surface area (Å²) in [5.74, 6) is 1.18. The first-order chi connectivity index (χ1) is 4.13. The summed E-state index contributed by atoms with van der Waals surface area (Å²) in [7, 11) is 8.33. The summed E-state index contributed by atoms with van der Waals surface area (Å²) in [5.41, 5.74) is 0. The molecule has 0 aromatic rings. The molecule has 0 amide bonds. The van der Waals surface area contributed by atoms with Crippen molar-refractivity contribution >= 4 is 11.9 Å². The number of nitrogens with zero attached hydrogens (tertiary/aromatic N) is 2. The van der Waals surface area contributed by atoms with E-state index in [1.807, 2.05) is 11.9 Å². The minimum atomic E-state index is 1.16. The fourth-order valence-corrected chi connectivity index (χ4v) is 1.22. The Morgan fingerprint density at radius 3 is 2.00 bits per heavy atom.